The molecule has 5 rings (SSSR count). The normalized spacial score (nSPS) is 14.5. The second-order valence-corrected chi connectivity index (χ2v) is 9.66. The van der Waals surface area contributed by atoms with Crippen LogP contribution in [0, 0.1) is 0 Å². The number of hydrogen-bond acceptors (Lipinski definition) is 8. The quantitative estimate of drug-likeness (QED) is 0.404. The highest BCUT2D eigenvalue weighted by molar-refractivity contribution is 9.11. The molecule has 11 heteroatoms. The monoisotopic (exact) mass is 501 g/mol. The number of amides is 1. The summed E-state index contributed by atoms with van der Waals surface area (Å²) in [5.41, 5.74) is 1.55. The van der Waals surface area contributed by atoms with Crippen LogP contribution in [0.3, 0.4) is 0 Å². The van der Waals surface area contributed by atoms with Gasteiger partial charge in [0.15, 0.2) is 5.52 Å². The summed E-state index contributed by atoms with van der Waals surface area (Å²) in [5, 5.41) is 11.7. The average Bonchev–Trinajstić information content (AvgIpc) is 3.42. The first-order valence-corrected chi connectivity index (χ1v) is 11.7. The van der Waals surface area contributed by atoms with Crippen LogP contribution in [0.4, 0.5) is 5.82 Å². The lowest BCUT2D eigenvalue weighted by molar-refractivity contribution is -0.131. The first kappa shape index (κ1) is 20.1. The minimum atomic E-state index is 0.161. The first-order valence-electron chi connectivity index (χ1n) is 10.0. The van der Waals surface area contributed by atoms with Crippen LogP contribution >= 0.6 is 27.3 Å². The molecule has 1 amide bonds. The number of ether oxygens (including phenoxy) is 1. The van der Waals surface area contributed by atoms with Gasteiger partial charge in [0.05, 0.1) is 21.3 Å². The lowest BCUT2D eigenvalue weighted by Crippen LogP contribution is -2.49. The van der Waals surface area contributed by atoms with Gasteiger partial charge in [-0.2, -0.15) is 0 Å². The molecular formula is C20H20BrN7O2S. The molecule has 3 aromatic heterocycles. The Morgan fingerprint density at radius 2 is 2.10 bits per heavy atom. The molecule has 4 aromatic rings. The van der Waals surface area contributed by atoms with Crippen molar-refractivity contribution in [2.24, 2.45) is 0 Å². The number of thiophene rings is 1. The molecule has 1 aliphatic rings. The molecule has 1 aromatic carbocycles. The Labute approximate surface area is 190 Å². The molecule has 1 saturated heterocycles. The van der Waals surface area contributed by atoms with Crippen LogP contribution in [0.15, 0.2) is 34.4 Å². The van der Waals surface area contributed by atoms with Crippen molar-refractivity contribution in [3.8, 4) is 5.75 Å². The number of piperazine rings is 1. The minimum Gasteiger partial charge on any atom is -0.491 e. The lowest BCUT2D eigenvalue weighted by Gasteiger charge is -2.35. The highest BCUT2D eigenvalue weighted by Crippen LogP contribution is 2.33. The van der Waals surface area contributed by atoms with Crippen molar-refractivity contribution in [3.63, 3.8) is 0 Å². The summed E-state index contributed by atoms with van der Waals surface area (Å²) in [5.74, 6) is 1.78. The predicted molar refractivity (Wildman–Crippen MR) is 123 cm³/mol. The third-order valence-corrected chi connectivity index (χ3v) is 6.87. The SMILES string of the molecule is O=C(CCCOc1cccc2[nH]nnc12)N1CCN(c2ncnc3sc(Br)cc23)CC1. The van der Waals surface area contributed by atoms with Crippen molar-refractivity contribution in [2.75, 3.05) is 37.7 Å². The minimum absolute atomic E-state index is 0.161. The Morgan fingerprint density at radius 3 is 2.97 bits per heavy atom. The van der Waals surface area contributed by atoms with E-state index >= 15 is 0 Å². The van der Waals surface area contributed by atoms with Gasteiger partial charge in [0.1, 0.15) is 22.7 Å². The molecular weight excluding hydrogens is 482 g/mol. The number of H-pyrrole nitrogens is 1. The average molecular weight is 502 g/mol. The van der Waals surface area contributed by atoms with Crippen molar-refractivity contribution < 1.29 is 9.53 Å². The molecule has 0 atom stereocenters. The number of fused-ring (bicyclic) bond motifs is 2. The molecule has 1 N–H and O–H groups in total. The van der Waals surface area contributed by atoms with Crippen LogP contribution in [-0.2, 0) is 4.79 Å². The van der Waals surface area contributed by atoms with Crippen LogP contribution < -0.4 is 9.64 Å². The Kier molecular flexibility index (Phi) is 5.68. The van der Waals surface area contributed by atoms with E-state index in [9.17, 15) is 4.79 Å². The number of anilines is 1. The van der Waals surface area contributed by atoms with E-state index in [1.54, 1.807) is 17.7 Å². The molecule has 0 saturated carbocycles. The summed E-state index contributed by atoms with van der Waals surface area (Å²) in [7, 11) is 0. The van der Waals surface area contributed by atoms with Crippen LogP contribution in [0.25, 0.3) is 21.3 Å². The number of rotatable bonds is 6. The van der Waals surface area contributed by atoms with E-state index in [2.05, 4.69) is 52.3 Å². The summed E-state index contributed by atoms with van der Waals surface area (Å²) in [6.07, 6.45) is 2.73. The van der Waals surface area contributed by atoms with E-state index < -0.39 is 0 Å². The van der Waals surface area contributed by atoms with Gasteiger partial charge in [-0.05, 0) is 40.5 Å². The van der Waals surface area contributed by atoms with Gasteiger partial charge in [0.2, 0.25) is 5.91 Å². The molecule has 4 heterocycles. The molecule has 31 heavy (non-hydrogen) atoms. The van der Waals surface area contributed by atoms with Gasteiger partial charge in [0.25, 0.3) is 0 Å². The van der Waals surface area contributed by atoms with E-state index in [1.807, 2.05) is 23.1 Å². The molecule has 1 aliphatic heterocycles. The van der Waals surface area contributed by atoms with E-state index in [-0.39, 0.29) is 5.91 Å². The molecule has 160 valence electrons. The maximum absolute atomic E-state index is 12.6. The second-order valence-electron chi connectivity index (χ2n) is 7.25. The third-order valence-electron chi connectivity index (χ3n) is 5.32. The molecule has 0 aliphatic carbocycles. The summed E-state index contributed by atoms with van der Waals surface area (Å²) < 4.78 is 6.86. The van der Waals surface area contributed by atoms with Gasteiger partial charge in [-0.25, -0.2) is 9.97 Å². The van der Waals surface area contributed by atoms with Crippen molar-refractivity contribution in [2.45, 2.75) is 12.8 Å². The van der Waals surface area contributed by atoms with Gasteiger partial charge in [-0.1, -0.05) is 11.3 Å². The zero-order valence-corrected chi connectivity index (χ0v) is 19.0. The number of halogens is 1. The highest BCUT2D eigenvalue weighted by Gasteiger charge is 2.23. The summed E-state index contributed by atoms with van der Waals surface area (Å²) >= 11 is 5.13. The highest BCUT2D eigenvalue weighted by atomic mass is 79.9. The third kappa shape index (κ3) is 4.19. The number of aromatic amines is 1. The first-order chi connectivity index (χ1) is 15.2. The van der Waals surface area contributed by atoms with Gasteiger partial charge >= 0.3 is 0 Å². The number of carbonyl (C=O) groups excluding carboxylic acids is 1. The smallest absolute Gasteiger partial charge is 0.222 e. The summed E-state index contributed by atoms with van der Waals surface area (Å²) in [4.78, 5) is 26.6. The van der Waals surface area contributed by atoms with E-state index in [1.165, 1.54) is 0 Å². The van der Waals surface area contributed by atoms with Gasteiger partial charge in [-0.15, -0.1) is 16.4 Å². The Balaban J connectivity index is 1.11. The van der Waals surface area contributed by atoms with Gasteiger partial charge in [-0.3, -0.25) is 9.89 Å². The Hall–Kier alpha value is -2.79. The van der Waals surface area contributed by atoms with Crippen LogP contribution in [-0.4, -0.2) is 69.0 Å². The van der Waals surface area contributed by atoms with E-state index in [0.29, 0.717) is 43.8 Å². The van der Waals surface area contributed by atoms with E-state index in [0.717, 1.165) is 38.4 Å². The van der Waals surface area contributed by atoms with Crippen molar-refractivity contribution in [3.05, 3.63) is 34.4 Å². The van der Waals surface area contributed by atoms with Crippen molar-refractivity contribution in [1.29, 1.82) is 0 Å². The zero-order chi connectivity index (χ0) is 21.2. The van der Waals surface area contributed by atoms with Crippen LogP contribution in [0.5, 0.6) is 5.75 Å². The largest absolute Gasteiger partial charge is 0.491 e. The fourth-order valence-corrected chi connectivity index (χ4v) is 5.17. The molecule has 1 fully saturated rings. The molecule has 0 bridgehead atoms. The zero-order valence-electron chi connectivity index (χ0n) is 16.6. The van der Waals surface area contributed by atoms with Crippen LogP contribution in [0.1, 0.15) is 12.8 Å². The standard InChI is InChI=1S/C20H20BrN7O2S/c21-16-11-13-19(22-12-23-20(13)31-16)28-8-6-27(7-9-28)17(29)5-2-10-30-15-4-1-3-14-18(15)25-26-24-14/h1,3-4,11-12H,2,5-10H2,(H,24,25,26). The number of aromatic nitrogens is 5. The molecule has 0 radical (unpaired) electrons. The van der Waals surface area contributed by atoms with Crippen molar-refractivity contribution in [1.82, 2.24) is 30.3 Å². The lowest BCUT2D eigenvalue weighted by atomic mass is 10.2. The van der Waals surface area contributed by atoms with Gasteiger partial charge < -0.3 is 14.5 Å². The fraction of sp³-hybridized carbons (Fsp3) is 0.350. The fourth-order valence-electron chi connectivity index (χ4n) is 3.76. The maximum Gasteiger partial charge on any atom is 0.222 e. The Bertz CT molecular complexity index is 1220. The number of nitrogens with one attached hydrogen (secondary N) is 1. The number of nitrogens with zero attached hydrogens (tertiary/aromatic N) is 6. The summed E-state index contributed by atoms with van der Waals surface area (Å²) in [6.45, 7) is 3.36. The molecule has 0 unspecified atom stereocenters. The molecule has 9 nitrogen and oxygen atoms in total. The topological polar surface area (TPSA) is 100 Å². The van der Waals surface area contributed by atoms with Crippen LogP contribution in [0.2, 0.25) is 0 Å². The molecule has 0 spiro atoms. The predicted octanol–water partition coefficient (Wildman–Crippen LogP) is 3.23. The number of benzene rings is 1. The van der Waals surface area contributed by atoms with Crippen molar-refractivity contribution >= 4 is 60.2 Å². The maximum atomic E-state index is 12.6. The second kappa shape index (κ2) is 8.75. The van der Waals surface area contributed by atoms with E-state index in [4.69, 9.17) is 4.74 Å². The van der Waals surface area contributed by atoms with Gasteiger partial charge in [0, 0.05) is 32.6 Å². The Morgan fingerprint density at radius 1 is 1.23 bits per heavy atom. The number of carbonyl (C=O) groups is 1. The summed E-state index contributed by atoms with van der Waals surface area (Å²) in [6, 6.07) is 7.71. The number of hydrogen-bond donors (Lipinski definition) is 1.